The second-order valence-electron chi connectivity index (χ2n) is 8.31. The summed E-state index contributed by atoms with van der Waals surface area (Å²) < 4.78 is 0. The van der Waals surface area contributed by atoms with Crippen LogP contribution in [0.1, 0.15) is 31.2 Å². The van der Waals surface area contributed by atoms with Gasteiger partial charge in [0.2, 0.25) is 11.8 Å². The third kappa shape index (κ3) is 7.21. The molecule has 31 heavy (non-hydrogen) atoms. The molecule has 2 aliphatic heterocycles. The molecule has 0 bridgehead atoms. The second kappa shape index (κ2) is 11.9. The highest BCUT2D eigenvalue weighted by molar-refractivity contribution is 6.42. The van der Waals surface area contributed by atoms with Crippen molar-refractivity contribution < 1.29 is 14.7 Å². The van der Waals surface area contributed by atoms with Crippen molar-refractivity contribution in [2.45, 2.75) is 25.7 Å². The summed E-state index contributed by atoms with van der Waals surface area (Å²) in [6.07, 6.45) is 6.72. The van der Waals surface area contributed by atoms with Crippen LogP contribution in [0.4, 0.5) is 0 Å². The number of benzene rings is 1. The highest BCUT2D eigenvalue weighted by Gasteiger charge is 2.23. The summed E-state index contributed by atoms with van der Waals surface area (Å²) in [7, 11) is 0. The number of hydrogen-bond donors (Lipinski definition) is 1. The molecule has 2 saturated heterocycles. The Balaban J connectivity index is 1.45. The van der Waals surface area contributed by atoms with Crippen LogP contribution < -0.4 is 0 Å². The zero-order valence-electron chi connectivity index (χ0n) is 17.8. The average Bonchev–Trinajstić information content (AvgIpc) is 2.96. The SMILES string of the molecule is O=C(C=Cc1ccc(Cl)c(Cl)c1)N1CCC(=O)N(CCCN2CCCC(CO)C2)CC1. The van der Waals surface area contributed by atoms with Crippen LogP contribution in [0.5, 0.6) is 0 Å². The van der Waals surface area contributed by atoms with Crippen molar-refractivity contribution in [3.8, 4) is 0 Å². The number of halogens is 2. The van der Waals surface area contributed by atoms with Gasteiger partial charge in [-0.05, 0) is 62.0 Å². The number of piperidine rings is 1. The molecule has 2 fully saturated rings. The van der Waals surface area contributed by atoms with E-state index in [0.717, 1.165) is 44.5 Å². The number of carbonyl (C=O) groups excluding carboxylic acids is 2. The number of nitrogens with zero attached hydrogens (tertiary/aromatic N) is 3. The first-order valence-electron chi connectivity index (χ1n) is 11.0. The second-order valence-corrected chi connectivity index (χ2v) is 9.12. The van der Waals surface area contributed by atoms with Crippen LogP contribution >= 0.6 is 23.2 Å². The van der Waals surface area contributed by atoms with Crippen molar-refractivity contribution >= 4 is 41.1 Å². The lowest BCUT2D eigenvalue weighted by Gasteiger charge is -2.32. The number of likely N-dealkylation sites (tertiary alicyclic amines) is 1. The predicted molar refractivity (Wildman–Crippen MR) is 124 cm³/mol. The van der Waals surface area contributed by atoms with E-state index in [1.165, 1.54) is 6.08 Å². The molecule has 2 heterocycles. The van der Waals surface area contributed by atoms with Gasteiger partial charge in [-0.25, -0.2) is 0 Å². The molecule has 0 spiro atoms. The fourth-order valence-corrected chi connectivity index (χ4v) is 4.51. The van der Waals surface area contributed by atoms with Crippen molar-refractivity contribution in [2.75, 3.05) is 52.4 Å². The van der Waals surface area contributed by atoms with Crippen LogP contribution in [-0.4, -0.2) is 84.0 Å². The van der Waals surface area contributed by atoms with E-state index < -0.39 is 0 Å². The van der Waals surface area contributed by atoms with Crippen molar-refractivity contribution in [2.24, 2.45) is 5.92 Å². The molecule has 3 rings (SSSR count). The van der Waals surface area contributed by atoms with Crippen LogP contribution in [0.15, 0.2) is 24.3 Å². The standard InChI is InChI=1S/C23H31Cl2N3O3/c24-20-6-4-18(15-21(20)25)5-7-22(30)28-12-8-23(31)27(13-14-28)11-2-10-26-9-1-3-19(16-26)17-29/h4-7,15,19,29H,1-3,8-14,16-17H2. The Bertz CT molecular complexity index is 802. The van der Waals surface area contributed by atoms with E-state index in [0.29, 0.717) is 48.6 Å². The molecular formula is C23H31Cl2N3O3. The number of aliphatic hydroxyl groups excluding tert-OH is 1. The first kappa shape index (κ1) is 24.1. The number of aliphatic hydroxyl groups is 1. The lowest BCUT2D eigenvalue weighted by atomic mass is 9.99. The molecule has 0 radical (unpaired) electrons. The molecule has 2 aliphatic rings. The fourth-order valence-electron chi connectivity index (χ4n) is 4.20. The number of carbonyl (C=O) groups is 2. The van der Waals surface area contributed by atoms with Gasteiger partial charge in [0.15, 0.2) is 0 Å². The van der Waals surface area contributed by atoms with Gasteiger partial charge >= 0.3 is 0 Å². The molecule has 1 aromatic carbocycles. The molecule has 1 aromatic rings. The molecule has 2 amide bonds. The Labute approximate surface area is 194 Å². The summed E-state index contributed by atoms with van der Waals surface area (Å²) in [4.78, 5) is 31.1. The highest BCUT2D eigenvalue weighted by atomic mass is 35.5. The van der Waals surface area contributed by atoms with Gasteiger partial charge < -0.3 is 19.8 Å². The summed E-state index contributed by atoms with van der Waals surface area (Å²) in [6.45, 7) is 5.44. The van der Waals surface area contributed by atoms with Gasteiger partial charge in [0, 0.05) is 51.8 Å². The summed E-state index contributed by atoms with van der Waals surface area (Å²) >= 11 is 11.9. The summed E-state index contributed by atoms with van der Waals surface area (Å²) in [6, 6.07) is 5.22. The topological polar surface area (TPSA) is 64.1 Å². The fraction of sp³-hybridized carbons (Fsp3) is 0.565. The Morgan fingerprint density at radius 2 is 1.97 bits per heavy atom. The van der Waals surface area contributed by atoms with Crippen LogP contribution in [-0.2, 0) is 9.59 Å². The molecule has 1 unspecified atom stereocenters. The van der Waals surface area contributed by atoms with Crippen molar-refractivity contribution in [1.82, 2.24) is 14.7 Å². The smallest absolute Gasteiger partial charge is 0.246 e. The van der Waals surface area contributed by atoms with E-state index in [1.54, 1.807) is 29.2 Å². The van der Waals surface area contributed by atoms with Gasteiger partial charge in [0.25, 0.3) is 0 Å². The molecule has 1 atom stereocenters. The molecule has 0 aliphatic carbocycles. The van der Waals surface area contributed by atoms with Crippen LogP contribution in [0.2, 0.25) is 10.0 Å². The summed E-state index contributed by atoms with van der Waals surface area (Å²) in [5, 5.41) is 10.3. The van der Waals surface area contributed by atoms with Crippen LogP contribution in [0, 0.1) is 5.92 Å². The van der Waals surface area contributed by atoms with E-state index in [9.17, 15) is 14.7 Å². The van der Waals surface area contributed by atoms with E-state index in [1.807, 2.05) is 4.90 Å². The number of amides is 2. The Kier molecular flexibility index (Phi) is 9.20. The minimum Gasteiger partial charge on any atom is -0.396 e. The first-order valence-corrected chi connectivity index (χ1v) is 11.7. The molecule has 1 N–H and O–H groups in total. The zero-order valence-corrected chi connectivity index (χ0v) is 19.3. The molecule has 0 saturated carbocycles. The molecule has 0 aromatic heterocycles. The monoisotopic (exact) mass is 467 g/mol. The van der Waals surface area contributed by atoms with Gasteiger partial charge in [-0.15, -0.1) is 0 Å². The highest BCUT2D eigenvalue weighted by Crippen LogP contribution is 2.23. The van der Waals surface area contributed by atoms with Gasteiger partial charge in [-0.3, -0.25) is 9.59 Å². The van der Waals surface area contributed by atoms with Gasteiger partial charge in [-0.1, -0.05) is 29.3 Å². The lowest BCUT2D eigenvalue weighted by molar-refractivity contribution is -0.130. The lowest BCUT2D eigenvalue weighted by Crippen LogP contribution is -2.40. The number of rotatable bonds is 7. The molecular weight excluding hydrogens is 437 g/mol. The van der Waals surface area contributed by atoms with E-state index in [-0.39, 0.29) is 18.4 Å². The third-order valence-corrected chi connectivity index (χ3v) is 6.76. The van der Waals surface area contributed by atoms with Gasteiger partial charge in [0.1, 0.15) is 0 Å². The van der Waals surface area contributed by atoms with Crippen LogP contribution in [0.25, 0.3) is 6.08 Å². The van der Waals surface area contributed by atoms with Crippen molar-refractivity contribution in [3.63, 3.8) is 0 Å². The van der Waals surface area contributed by atoms with E-state index >= 15 is 0 Å². The maximum absolute atomic E-state index is 12.6. The Morgan fingerprint density at radius 1 is 1.13 bits per heavy atom. The normalized spacial score (nSPS) is 21.0. The first-order chi connectivity index (χ1) is 15.0. The quantitative estimate of drug-likeness (QED) is 0.625. The third-order valence-electron chi connectivity index (χ3n) is 6.03. The molecule has 170 valence electrons. The molecule has 6 nitrogen and oxygen atoms in total. The Hall–Kier alpha value is -1.60. The predicted octanol–water partition coefficient (Wildman–Crippen LogP) is 3.16. The summed E-state index contributed by atoms with van der Waals surface area (Å²) in [5.74, 6) is 0.379. The maximum atomic E-state index is 12.6. The minimum atomic E-state index is -0.107. The van der Waals surface area contributed by atoms with Crippen molar-refractivity contribution in [1.29, 1.82) is 0 Å². The minimum absolute atomic E-state index is 0.107. The van der Waals surface area contributed by atoms with Crippen molar-refractivity contribution in [3.05, 3.63) is 39.9 Å². The largest absolute Gasteiger partial charge is 0.396 e. The maximum Gasteiger partial charge on any atom is 0.246 e. The number of hydrogen-bond acceptors (Lipinski definition) is 4. The average molecular weight is 468 g/mol. The van der Waals surface area contributed by atoms with Crippen LogP contribution in [0.3, 0.4) is 0 Å². The molecule has 8 heteroatoms. The van der Waals surface area contributed by atoms with Gasteiger partial charge in [-0.2, -0.15) is 0 Å². The zero-order chi connectivity index (χ0) is 22.2. The Morgan fingerprint density at radius 3 is 2.74 bits per heavy atom. The van der Waals surface area contributed by atoms with E-state index in [4.69, 9.17) is 23.2 Å². The van der Waals surface area contributed by atoms with Gasteiger partial charge in [0.05, 0.1) is 10.0 Å². The summed E-state index contributed by atoms with van der Waals surface area (Å²) in [5.41, 5.74) is 0.802. The van der Waals surface area contributed by atoms with E-state index in [2.05, 4.69) is 4.90 Å².